The van der Waals surface area contributed by atoms with Gasteiger partial charge in [0.25, 0.3) is 5.91 Å². The SMILES string of the molecule is CCNc1cc(Cl)cc(COc2c(Cl)cc(C(=O)NCC(=O)O)cc2Cl)c1F.CCNc1cc(Cl)cc(COc2c(Cl)cc(CC(=O)O)cc2Cl)c1F. The summed E-state index contributed by atoms with van der Waals surface area (Å²) in [4.78, 5) is 33.2. The summed E-state index contributed by atoms with van der Waals surface area (Å²) in [6.45, 7) is 3.84. The predicted octanol–water partition coefficient (Wildman–Crippen LogP) is 10.0. The zero-order valence-corrected chi connectivity index (χ0v) is 32.4. The van der Waals surface area contributed by atoms with E-state index in [1.807, 2.05) is 13.8 Å². The van der Waals surface area contributed by atoms with Gasteiger partial charge < -0.3 is 35.6 Å². The minimum atomic E-state index is -1.19. The van der Waals surface area contributed by atoms with E-state index in [4.69, 9.17) is 89.3 Å². The van der Waals surface area contributed by atoms with Gasteiger partial charge in [0, 0.05) is 39.8 Å². The van der Waals surface area contributed by atoms with E-state index in [1.165, 1.54) is 48.5 Å². The van der Waals surface area contributed by atoms with Gasteiger partial charge in [0.05, 0.1) is 37.9 Å². The Hall–Kier alpha value is -3.91. The zero-order valence-electron chi connectivity index (χ0n) is 27.8. The summed E-state index contributed by atoms with van der Waals surface area (Å²) in [7, 11) is 0. The van der Waals surface area contributed by atoms with Crippen molar-refractivity contribution < 1.29 is 42.9 Å². The van der Waals surface area contributed by atoms with Gasteiger partial charge >= 0.3 is 11.9 Å². The van der Waals surface area contributed by atoms with Crippen LogP contribution >= 0.6 is 69.6 Å². The molecule has 0 radical (unpaired) electrons. The lowest BCUT2D eigenvalue weighted by atomic mass is 10.1. The van der Waals surface area contributed by atoms with E-state index in [9.17, 15) is 23.2 Å². The molecule has 0 atom stereocenters. The van der Waals surface area contributed by atoms with Crippen molar-refractivity contribution in [3.8, 4) is 11.5 Å². The number of carbonyl (C=O) groups excluding carboxylic acids is 1. The molecule has 0 saturated heterocycles. The lowest BCUT2D eigenvalue weighted by Crippen LogP contribution is -2.29. The van der Waals surface area contributed by atoms with E-state index in [-0.39, 0.29) is 79.3 Å². The second kappa shape index (κ2) is 20.5. The molecule has 0 aliphatic carbocycles. The molecule has 4 rings (SSSR count). The normalized spacial score (nSPS) is 10.5. The van der Waals surface area contributed by atoms with Crippen LogP contribution in [0.4, 0.5) is 20.2 Å². The second-order valence-electron chi connectivity index (χ2n) is 10.8. The van der Waals surface area contributed by atoms with E-state index in [0.29, 0.717) is 28.7 Å². The third-order valence-corrected chi connectivity index (χ3v) is 8.34. The van der Waals surface area contributed by atoms with Gasteiger partial charge in [-0.3, -0.25) is 14.4 Å². The highest BCUT2D eigenvalue weighted by Gasteiger charge is 2.18. The van der Waals surface area contributed by atoms with Gasteiger partial charge in [-0.15, -0.1) is 0 Å². The quantitative estimate of drug-likeness (QED) is 0.0789. The van der Waals surface area contributed by atoms with Crippen molar-refractivity contribution >= 4 is 98.8 Å². The summed E-state index contributed by atoms with van der Waals surface area (Å²) in [5.74, 6) is -3.62. The van der Waals surface area contributed by atoms with Gasteiger partial charge in [-0.05, 0) is 67.9 Å². The number of carboxylic acid groups (broad SMARTS) is 2. The van der Waals surface area contributed by atoms with Crippen LogP contribution in [0.2, 0.25) is 30.1 Å². The van der Waals surface area contributed by atoms with Crippen molar-refractivity contribution in [2.24, 2.45) is 0 Å². The molecule has 18 heteroatoms. The van der Waals surface area contributed by atoms with Crippen molar-refractivity contribution in [1.82, 2.24) is 5.32 Å². The van der Waals surface area contributed by atoms with Crippen LogP contribution in [-0.2, 0) is 29.2 Å². The highest BCUT2D eigenvalue weighted by molar-refractivity contribution is 6.38. The topological polar surface area (TPSA) is 146 Å². The summed E-state index contributed by atoms with van der Waals surface area (Å²) in [5, 5.41) is 26.4. The standard InChI is InChI=1S/C18H16Cl3FN2O4.C17H15Cl3FNO3/c1-2-23-14-6-11(19)3-10(16(14)22)8-28-17-12(20)4-9(5-13(17)21)18(27)24-7-15(25)26;1-2-22-14-7-11(18)6-10(16(14)21)8-25-17-12(19)3-9(4-13(17)20)5-15(23)24/h3-6,23H,2,7-8H2,1H3,(H,24,27)(H,25,26);3-4,6-7,22H,2,5,8H2,1H3,(H,23,24). The first kappa shape index (κ1) is 43.5. The third kappa shape index (κ3) is 12.9. The Morgan fingerprint density at radius 2 is 1.06 bits per heavy atom. The number of rotatable bonds is 15. The van der Waals surface area contributed by atoms with Crippen LogP contribution in [0.15, 0.2) is 48.5 Å². The smallest absolute Gasteiger partial charge is 0.322 e. The Morgan fingerprint density at radius 3 is 1.43 bits per heavy atom. The summed E-state index contributed by atoms with van der Waals surface area (Å²) in [5.41, 5.74) is 1.47. The lowest BCUT2D eigenvalue weighted by Gasteiger charge is -2.14. The van der Waals surface area contributed by atoms with Crippen molar-refractivity contribution in [2.45, 2.75) is 33.5 Å². The maximum absolute atomic E-state index is 14.5. The number of anilines is 2. The van der Waals surface area contributed by atoms with Gasteiger partial charge in [-0.2, -0.15) is 0 Å². The molecule has 10 nitrogen and oxygen atoms in total. The Bertz CT molecular complexity index is 1940. The van der Waals surface area contributed by atoms with Crippen LogP contribution in [0.5, 0.6) is 11.5 Å². The molecule has 0 bridgehead atoms. The molecule has 0 aromatic heterocycles. The molecule has 0 aliphatic heterocycles. The maximum atomic E-state index is 14.5. The minimum absolute atomic E-state index is 0.0160. The van der Waals surface area contributed by atoms with E-state index < -0.39 is 36.0 Å². The van der Waals surface area contributed by atoms with Gasteiger partial charge in [0.15, 0.2) is 23.1 Å². The highest BCUT2D eigenvalue weighted by atomic mass is 35.5. The van der Waals surface area contributed by atoms with E-state index >= 15 is 0 Å². The van der Waals surface area contributed by atoms with Crippen molar-refractivity contribution in [1.29, 1.82) is 0 Å². The minimum Gasteiger partial charge on any atom is -0.486 e. The molecule has 0 fully saturated rings. The monoisotopic (exact) mass is 853 g/mol. The molecule has 0 aliphatic rings. The first-order chi connectivity index (χ1) is 25.0. The number of hydrogen-bond acceptors (Lipinski definition) is 7. The van der Waals surface area contributed by atoms with Crippen molar-refractivity contribution in [3.63, 3.8) is 0 Å². The fraction of sp³-hybridized carbons (Fsp3) is 0.229. The van der Waals surface area contributed by atoms with Crippen LogP contribution in [0.25, 0.3) is 0 Å². The van der Waals surface area contributed by atoms with Crippen LogP contribution in [0, 0.1) is 11.6 Å². The number of ether oxygens (including phenoxy) is 2. The Kier molecular flexibility index (Phi) is 16.8. The van der Waals surface area contributed by atoms with Crippen molar-refractivity contribution in [2.75, 3.05) is 30.3 Å². The number of amides is 1. The van der Waals surface area contributed by atoms with Gasteiger partial charge in [-0.25, -0.2) is 8.78 Å². The zero-order chi connectivity index (χ0) is 39.4. The van der Waals surface area contributed by atoms with E-state index in [0.717, 1.165) is 0 Å². The maximum Gasteiger partial charge on any atom is 0.322 e. The van der Waals surface area contributed by atoms with Crippen LogP contribution in [0.1, 0.15) is 40.9 Å². The van der Waals surface area contributed by atoms with Crippen LogP contribution in [0.3, 0.4) is 0 Å². The number of benzene rings is 4. The summed E-state index contributed by atoms with van der Waals surface area (Å²) in [6, 6.07) is 11.3. The Labute approximate surface area is 333 Å². The van der Waals surface area contributed by atoms with Gasteiger partial charge in [0.1, 0.15) is 19.8 Å². The predicted molar refractivity (Wildman–Crippen MR) is 204 cm³/mol. The molecule has 0 heterocycles. The van der Waals surface area contributed by atoms with Gasteiger partial charge in [-0.1, -0.05) is 69.6 Å². The summed E-state index contributed by atoms with van der Waals surface area (Å²) >= 11 is 36.5. The molecule has 4 aromatic carbocycles. The average Bonchev–Trinajstić information content (AvgIpc) is 3.06. The molecular weight excluding hydrogens is 825 g/mol. The number of aliphatic carboxylic acids is 2. The first-order valence-electron chi connectivity index (χ1n) is 15.4. The van der Waals surface area contributed by atoms with Gasteiger partial charge in [0.2, 0.25) is 0 Å². The molecular formula is C35H31Cl6F2N3O7. The molecule has 53 heavy (non-hydrogen) atoms. The molecule has 1 amide bonds. The summed E-state index contributed by atoms with van der Waals surface area (Å²) < 4.78 is 40.0. The number of hydrogen-bond donors (Lipinski definition) is 5. The molecule has 5 N–H and O–H groups in total. The Balaban J connectivity index is 0.000000287. The lowest BCUT2D eigenvalue weighted by molar-refractivity contribution is -0.137. The number of nitrogens with one attached hydrogen (secondary N) is 3. The second-order valence-corrected chi connectivity index (χ2v) is 13.3. The summed E-state index contributed by atoms with van der Waals surface area (Å²) in [6.07, 6.45) is -0.214. The molecule has 284 valence electrons. The van der Waals surface area contributed by atoms with Crippen LogP contribution in [-0.4, -0.2) is 47.7 Å². The number of carboxylic acids is 2. The average molecular weight is 856 g/mol. The highest BCUT2D eigenvalue weighted by Crippen LogP contribution is 2.37. The molecule has 0 saturated carbocycles. The molecule has 4 aromatic rings. The Morgan fingerprint density at radius 1 is 0.642 bits per heavy atom. The third-order valence-electron chi connectivity index (χ3n) is 6.78. The number of halogens is 8. The number of carbonyl (C=O) groups is 3. The molecule has 0 spiro atoms. The fourth-order valence-electron chi connectivity index (χ4n) is 4.55. The fourth-order valence-corrected chi connectivity index (χ4v) is 6.27. The molecule has 0 unspecified atom stereocenters. The van der Waals surface area contributed by atoms with Crippen molar-refractivity contribution in [3.05, 3.63) is 113 Å². The van der Waals surface area contributed by atoms with E-state index in [1.54, 1.807) is 0 Å². The largest absolute Gasteiger partial charge is 0.486 e. The first-order valence-corrected chi connectivity index (χ1v) is 17.7. The van der Waals surface area contributed by atoms with Crippen LogP contribution < -0.4 is 25.4 Å². The van der Waals surface area contributed by atoms with E-state index in [2.05, 4.69) is 16.0 Å².